The highest BCUT2D eigenvalue weighted by Crippen LogP contribution is 2.76. The third-order valence-corrected chi connectivity index (χ3v) is 9.91. The Morgan fingerprint density at radius 1 is 1.09 bits per heavy atom. The first-order chi connectivity index (χ1) is 16.6. The highest BCUT2D eigenvalue weighted by molar-refractivity contribution is 7.89. The average molecular weight is 515 g/mol. The number of aryl methyl sites for hydroxylation is 1. The van der Waals surface area contributed by atoms with E-state index in [0.29, 0.717) is 37.9 Å². The summed E-state index contributed by atoms with van der Waals surface area (Å²) in [5.41, 5.74) is 2.76. The van der Waals surface area contributed by atoms with Crippen molar-refractivity contribution >= 4 is 16.0 Å². The molecule has 3 heterocycles. The lowest BCUT2D eigenvalue weighted by atomic mass is 9.86. The molecule has 0 bridgehead atoms. The van der Waals surface area contributed by atoms with Gasteiger partial charge < -0.3 is 9.64 Å². The van der Waals surface area contributed by atoms with Gasteiger partial charge >= 0.3 is 6.18 Å². The van der Waals surface area contributed by atoms with E-state index in [1.54, 1.807) is 0 Å². The van der Waals surface area contributed by atoms with Crippen molar-refractivity contribution in [1.29, 1.82) is 0 Å². The van der Waals surface area contributed by atoms with E-state index in [4.69, 9.17) is 4.74 Å². The maximum Gasteiger partial charge on any atom is 0.390 e. The SMILES string of the molecule is Cc1cnc(N2CCC(C3C4=CC43COCC3CCN(S(=O)(=O)CCC(F)(F)F)CC3)CC2)nc1. The molecule has 2 unspecified atom stereocenters. The molecule has 7 nitrogen and oxygen atoms in total. The van der Waals surface area contributed by atoms with Crippen molar-refractivity contribution in [3.8, 4) is 0 Å². The lowest BCUT2D eigenvalue weighted by molar-refractivity contribution is -0.130. The van der Waals surface area contributed by atoms with Crippen molar-refractivity contribution in [3.05, 3.63) is 29.6 Å². The number of hydrogen-bond acceptors (Lipinski definition) is 6. The van der Waals surface area contributed by atoms with Crippen molar-refractivity contribution in [2.24, 2.45) is 23.2 Å². The fourth-order valence-electron chi connectivity index (χ4n) is 5.76. The zero-order valence-corrected chi connectivity index (χ0v) is 20.8. The topological polar surface area (TPSA) is 75.6 Å². The number of fused-ring (bicyclic) bond motifs is 1. The van der Waals surface area contributed by atoms with Crippen LogP contribution >= 0.6 is 0 Å². The number of rotatable bonds is 9. The summed E-state index contributed by atoms with van der Waals surface area (Å²) < 4.78 is 68.8. The quantitative estimate of drug-likeness (QED) is 0.469. The molecule has 0 radical (unpaired) electrons. The summed E-state index contributed by atoms with van der Waals surface area (Å²) in [6.07, 6.45) is 3.80. The number of hydrogen-bond donors (Lipinski definition) is 0. The zero-order chi connectivity index (χ0) is 24.8. The van der Waals surface area contributed by atoms with Gasteiger partial charge in [-0.3, -0.25) is 0 Å². The number of piperidine rings is 2. The van der Waals surface area contributed by atoms with Crippen LogP contribution in [0, 0.1) is 30.1 Å². The summed E-state index contributed by atoms with van der Waals surface area (Å²) in [6, 6.07) is 0. The first-order valence-corrected chi connectivity index (χ1v) is 14.1. The van der Waals surface area contributed by atoms with Crippen molar-refractivity contribution in [3.63, 3.8) is 0 Å². The molecule has 3 fully saturated rings. The second-order valence-electron chi connectivity index (χ2n) is 10.5. The molecule has 2 atom stereocenters. The van der Waals surface area contributed by atoms with Crippen LogP contribution in [0.3, 0.4) is 0 Å². The van der Waals surface area contributed by atoms with Crippen LogP contribution in [0.2, 0.25) is 0 Å². The Morgan fingerprint density at radius 3 is 2.34 bits per heavy atom. The highest BCUT2D eigenvalue weighted by atomic mass is 32.2. The van der Waals surface area contributed by atoms with Crippen molar-refractivity contribution in [1.82, 2.24) is 14.3 Å². The van der Waals surface area contributed by atoms with Crippen LogP contribution in [-0.4, -0.2) is 74.0 Å². The molecule has 0 aromatic carbocycles. The molecular formula is C24H33F3N4O3S. The number of nitrogens with zero attached hydrogens (tertiary/aromatic N) is 4. The molecule has 4 aliphatic rings. The van der Waals surface area contributed by atoms with E-state index in [9.17, 15) is 21.6 Å². The summed E-state index contributed by atoms with van der Waals surface area (Å²) in [7, 11) is -3.86. The zero-order valence-electron chi connectivity index (χ0n) is 20.0. The van der Waals surface area contributed by atoms with Crippen LogP contribution < -0.4 is 4.90 Å². The molecule has 2 aliphatic carbocycles. The van der Waals surface area contributed by atoms with Gasteiger partial charge in [-0.15, -0.1) is 0 Å². The number of anilines is 1. The van der Waals surface area contributed by atoms with Crippen molar-refractivity contribution in [2.45, 2.75) is 45.2 Å². The molecule has 2 saturated heterocycles. The molecular weight excluding hydrogens is 481 g/mol. The molecule has 11 heteroatoms. The minimum absolute atomic E-state index is 0.162. The Morgan fingerprint density at radius 2 is 1.74 bits per heavy atom. The van der Waals surface area contributed by atoms with Gasteiger partial charge in [-0.1, -0.05) is 11.6 Å². The average Bonchev–Trinajstić information content (AvgIpc) is 3.69. The maximum absolute atomic E-state index is 12.4. The molecule has 2 aliphatic heterocycles. The van der Waals surface area contributed by atoms with Crippen LogP contribution in [0.15, 0.2) is 24.0 Å². The van der Waals surface area contributed by atoms with E-state index in [2.05, 4.69) is 20.9 Å². The normalized spacial score (nSPS) is 28.1. The molecule has 1 aromatic heterocycles. The first kappa shape index (κ1) is 25.0. The second kappa shape index (κ2) is 9.30. The maximum atomic E-state index is 12.4. The van der Waals surface area contributed by atoms with Crippen LogP contribution in [0.5, 0.6) is 0 Å². The number of halogens is 3. The summed E-state index contributed by atoms with van der Waals surface area (Å²) in [6.45, 7) is 5.75. The Balaban J connectivity index is 1.000. The minimum atomic E-state index is -4.46. The van der Waals surface area contributed by atoms with Crippen molar-refractivity contribution < 1.29 is 26.3 Å². The van der Waals surface area contributed by atoms with Crippen molar-refractivity contribution in [2.75, 3.05) is 50.0 Å². The predicted molar refractivity (Wildman–Crippen MR) is 125 cm³/mol. The standard InChI is InChI=1S/C24H33F3N4O3S/c1-17-13-28-22(29-14-17)30-7-4-19(5-8-30)21-20-12-23(20,21)16-34-15-18-2-9-31(10-3-18)35(32,33)11-6-24(25,26)27/h12-14,18-19,21H,2-11,15-16H2,1H3. The van der Waals surface area contributed by atoms with Crippen LogP contribution in [0.1, 0.15) is 37.7 Å². The minimum Gasteiger partial charge on any atom is -0.380 e. The molecule has 0 N–H and O–H groups in total. The fraction of sp³-hybridized carbons (Fsp3) is 0.750. The van der Waals surface area contributed by atoms with Gasteiger partial charge in [0.25, 0.3) is 0 Å². The Hall–Kier alpha value is -1.72. The Kier molecular flexibility index (Phi) is 6.63. The van der Waals surface area contributed by atoms with Gasteiger partial charge in [0.15, 0.2) is 0 Å². The molecule has 0 spiro atoms. The summed E-state index contributed by atoms with van der Waals surface area (Å²) >= 11 is 0. The lowest BCUT2D eigenvalue weighted by Gasteiger charge is -2.33. The third-order valence-electron chi connectivity index (χ3n) is 8.04. The fourth-order valence-corrected chi connectivity index (χ4v) is 7.28. The number of ether oxygens (including phenoxy) is 1. The Bertz CT molecular complexity index is 1050. The van der Waals surface area contributed by atoms with E-state index in [1.165, 1.54) is 9.88 Å². The van der Waals surface area contributed by atoms with E-state index >= 15 is 0 Å². The molecule has 194 valence electrons. The molecule has 1 aromatic rings. The summed E-state index contributed by atoms with van der Waals surface area (Å²) in [4.78, 5) is 11.2. The van der Waals surface area contributed by atoms with Crippen LogP contribution in [0.4, 0.5) is 19.1 Å². The lowest BCUT2D eigenvalue weighted by Crippen LogP contribution is -2.41. The third kappa shape index (κ3) is 5.51. The van der Waals surface area contributed by atoms with E-state index in [0.717, 1.165) is 37.4 Å². The van der Waals surface area contributed by atoms with Crippen LogP contribution in [0.25, 0.3) is 0 Å². The van der Waals surface area contributed by atoms with Crippen LogP contribution in [-0.2, 0) is 14.8 Å². The predicted octanol–water partition coefficient (Wildman–Crippen LogP) is 3.57. The van der Waals surface area contributed by atoms with Gasteiger partial charge in [0, 0.05) is 50.6 Å². The summed E-state index contributed by atoms with van der Waals surface area (Å²) in [5.74, 6) is 1.49. The number of alkyl halides is 3. The van der Waals surface area contributed by atoms with Gasteiger partial charge in [-0.25, -0.2) is 22.7 Å². The van der Waals surface area contributed by atoms with Gasteiger partial charge in [0.2, 0.25) is 16.0 Å². The van der Waals surface area contributed by atoms with E-state index in [1.807, 2.05) is 19.3 Å². The largest absolute Gasteiger partial charge is 0.390 e. The van der Waals surface area contributed by atoms with Gasteiger partial charge in [0.1, 0.15) is 0 Å². The molecule has 0 amide bonds. The number of sulfonamides is 1. The van der Waals surface area contributed by atoms with E-state index < -0.39 is 28.4 Å². The molecule has 35 heavy (non-hydrogen) atoms. The van der Waals surface area contributed by atoms with Gasteiger partial charge in [0.05, 0.1) is 18.8 Å². The monoisotopic (exact) mass is 514 g/mol. The smallest absolute Gasteiger partial charge is 0.380 e. The second-order valence-corrected chi connectivity index (χ2v) is 12.6. The van der Waals surface area contributed by atoms with Gasteiger partial charge in [-0.05, 0) is 55.9 Å². The highest BCUT2D eigenvalue weighted by Gasteiger charge is 2.71. The number of aromatic nitrogens is 2. The van der Waals surface area contributed by atoms with Gasteiger partial charge in [-0.2, -0.15) is 13.2 Å². The van der Waals surface area contributed by atoms with E-state index in [-0.39, 0.29) is 24.4 Å². The summed E-state index contributed by atoms with van der Waals surface area (Å²) in [5, 5.41) is 0. The first-order valence-electron chi connectivity index (χ1n) is 12.5. The molecule has 1 saturated carbocycles. The molecule has 5 rings (SSSR count). The Labute approximate surface area is 204 Å².